The second-order valence-electron chi connectivity index (χ2n) is 5.52. The molecule has 0 saturated carbocycles. The van der Waals surface area contributed by atoms with Crippen LogP contribution in [-0.4, -0.2) is 21.8 Å². The van der Waals surface area contributed by atoms with Crippen LogP contribution in [-0.2, 0) is 10.5 Å². The normalized spacial score (nSPS) is 10.7. The van der Waals surface area contributed by atoms with Crippen molar-refractivity contribution in [2.45, 2.75) is 12.7 Å². The molecule has 3 rings (SSSR count). The molecule has 0 fully saturated rings. The Labute approximate surface area is 165 Å². The zero-order valence-corrected chi connectivity index (χ0v) is 16.2. The molecule has 0 aliphatic heterocycles. The lowest BCUT2D eigenvalue weighted by Crippen LogP contribution is -2.15. The molecule has 1 heterocycles. The van der Waals surface area contributed by atoms with E-state index >= 15 is 0 Å². The number of carbonyl (C=O) groups excluding carboxylic acids is 1. The number of nitrogens with one attached hydrogen (secondary N) is 1. The van der Waals surface area contributed by atoms with E-state index < -0.39 is 0 Å². The van der Waals surface area contributed by atoms with Crippen molar-refractivity contribution in [2.75, 3.05) is 11.1 Å². The third-order valence-electron chi connectivity index (χ3n) is 3.50. The number of amides is 1. The van der Waals surface area contributed by atoms with Crippen LogP contribution in [0.3, 0.4) is 0 Å². The van der Waals surface area contributed by atoms with Gasteiger partial charge in [-0.2, -0.15) is 4.98 Å². The van der Waals surface area contributed by atoms with E-state index in [9.17, 15) is 4.79 Å². The average Bonchev–Trinajstić information content (AvgIpc) is 3.08. The number of hydrogen-bond acceptors (Lipinski definition) is 5. The molecular weight excluding hydrogens is 393 g/mol. The quantitative estimate of drug-likeness (QED) is 0.606. The van der Waals surface area contributed by atoms with Crippen LogP contribution in [0.25, 0.3) is 11.4 Å². The summed E-state index contributed by atoms with van der Waals surface area (Å²) >= 11 is 13.2. The third-order valence-corrected chi connectivity index (χ3v) is 4.91. The van der Waals surface area contributed by atoms with Crippen LogP contribution in [0.15, 0.2) is 47.0 Å². The lowest BCUT2D eigenvalue weighted by molar-refractivity contribution is -0.113. The van der Waals surface area contributed by atoms with Gasteiger partial charge in [0.05, 0.1) is 11.5 Å². The maximum atomic E-state index is 12.1. The van der Waals surface area contributed by atoms with Gasteiger partial charge in [0, 0.05) is 21.3 Å². The van der Waals surface area contributed by atoms with Gasteiger partial charge in [0.1, 0.15) is 0 Å². The van der Waals surface area contributed by atoms with Crippen molar-refractivity contribution in [2.24, 2.45) is 0 Å². The number of carbonyl (C=O) groups is 1. The first-order chi connectivity index (χ1) is 12.5. The first kappa shape index (κ1) is 18.8. The Balaban J connectivity index is 1.51. The maximum absolute atomic E-state index is 12.1. The number of anilines is 1. The Morgan fingerprint density at radius 2 is 1.88 bits per heavy atom. The second kappa shape index (κ2) is 8.58. The minimum Gasteiger partial charge on any atom is -0.338 e. The minimum atomic E-state index is -0.113. The fourth-order valence-electron chi connectivity index (χ4n) is 2.18. The van der Waals surface area contributed by atoms with E-state index in [1.54, 1.807) is 24.3 Å². The molecule has 0 spiro atoms. The molecule has 8 heteroatoms. The molecule has 1 aromatic heterocycles. The number of aryl methyl sites for hydroxylation is 1. The van der Waals surface area contributed by atoms with Crippen molar-refractivity contribution in [3.05, 3.63) is 64.0 Å². The summed E-state index contributed by atoms with van der Waals surface area (Å²) in [6.07, 6.45) is 0. The zero-order chi connectivity index (χ0) is 18.5. The van der Waals surface area contributed by atoms with Gasteiger partial charge in [0.15, 0.2) is 0 Å². The van der Waals surface area contributed by atoms with Gasteiger partial charge < -0.3 is 9.84 Å². The van der Waals surface area contributed by atoms with E-state index in [0.717, 1.165) is 11.1 Å². The molecule has 5 nitrogen and oxygen atoms in total. The molecule has 1 N–H and O–H groups in total. The highest BCUT2D eigenvalue weighted by Crippen LogP contribution is 2.22. The standard InChI is InChI=1S/C18H15Cl2N3O2S/c1-11-2-5-14(20)8-15(11)21-16(24)9-26-10-17-22-18(23-25-17)12-3-6-13(19)7-4-12/h2-8H,9-10H2,1H3,(H,21,24). The van der Waals surface area contributed by atoms with E-state index in [1.165, 1.54) is 11.8 Å². The molecule has 0 saturated heterocycles. The number of thioether (sulfide) groups is 1. The van der Waals surface area contributed by atoms with Crippen molar-refractivity contribution in [1.29, 1.82) is 0 Å². The van der Waals surface area contributed by atoms with Crippen LogP contribution >= 0.6 is 35.0 Å². The maximum Gasteiger partial charge on any atom is 0.236 e. The van der Waals surface area contributed by atoms with Gasteiger partial charge in [-0.15, -0.1) is 11.8 Å². The molecule has 134 valence electrons. The SMILES string of the molecule is Cc1ccc(Cl)cc1NC(=O)CSCc1nc(-c2ccc(Cl)cc2)no1. The Bertz CT molecular complexity index is 913. The van der Waals surface area contributed by atoms with E-state index in [4.69, 9.17) is 27.7 Å². The summed E-state index contributed by atoms with van der Waals surface area (Å²) in [6.45, 7) is 1.91. The highest BCUT2D eigenvalue weighted by Gasteiger charge is 2.11. The van der Waals surface area contributed by atoms with Gasteiger partial charge in [-0.25, -0.2) is 0 Å². The highest BCUT2D eigenvalue weighted by atomic mass is 35.5. The number of aromatic nitrogens is 2. The van der Waals surface area contributed by atoms with E-state index in [-0.39, 0.29) is 11.7 Å². The Kier molecular flexibility index (Phi) is 6.19. The fourth-order valence-corrected chi connectivity index (χ4v) is 3.13. The van der Waals surface area contributed by atoms with Crippen molar-refractivity contribution in [3.8, 4) is 11.4 Å². The van der Waals surface area contributed by atoms with Gasteiger partial charge in [0.2, 0.25) is 17.6 Å². The molecule has 0 aliphatic rings. The van der Waals surface area contributed by atoms with E-state index in [0.29, 0.717) is 33.2 Å². The summed E-state index contributed by atoms with van der Waals surface area (Å²) in [7, 11) is 0. The number of benzene rings is 2. The molecule has 0 aliphatic carbocycles. The Morgan fingerprint density at radius 3 is 2.65 bits per heavy atom. The van der Waals surface area contributed by atoms with Crippen LogP contribution < -0.4 is 5.32 Å². The summed E-state index contributed by atoms with van der Waals surface area (Å²) < 4.78 is 5.22. The molecule has 2 aromatic carbocycles. The Hall–Kier alpha value is -2.02. The van der Waals surface area contributed by atoms with Crippen molar-refractivity contribution < 1.29 is 9.32 Å². The first-order valence-electron chi connectivity index (χ1n) is 7.73. The van der Waals surface area contributed by atoms with Crippen molar-refractivity contribution in [1.82, 2.24) is 10.1 Å². The average molecular weight is 408 g/mol. The predicted molar refractivity (Wildman–Crippen MR) is 106 cm³/mol. The lowest BCUT2D eigenvalue weighted by atomic mass is 10.2. The molecule has 0 bridgehead atoms. The van der Waals surface area contributed by atoms with Gasteiger partial charge in [-0.05, 0) is 48.9 Å². The molecule has 0 radical (unpaired) electrons. The second-order valence-corrected chi connectivity index (χ2v) is 7.38. The van der Waals surface area contributed by atoms with Crippen LogP contribution in [0.4, 0.5) is 5.69 Å². The highest BCUT2D eigenvalue weighted by molar-refractivity contribution is 7.99. The fraction of sp³-hybridized carbons (Fsp3) is 0.167. The zero-order valence-electron chi connectivity index (χ0n) is 13.8. The third kappa shape index (κ3) is 5.00. The number of hydrogen-bond donors (Lipinski definition) is 1. The summed E-state index contributed by atoms with van der Waals surface area (Å²) in [6, 6.07) is 12.6. The van der Waals surface area contributed by atoms with Gasteiger partial charge in [-0.3, -0.25) is 4.79 Å². The topological polar surface area (TPSA) is 68.0 Å². The molecule has 0 atom stereocenters. The summed E-state index contributed by atoms with van der Waals surface area (Å²) in [5, 5.41) is 8.03. The van der Waals surface area contributed by atoms with Gasteiger partial charge in [-0.1, -0.05) is 34.4 Å². The van der Waals surface area contributed by atoms with Crippen molar-refractivity contribution in [3.63, 3.8) is 0 Å². The van der Waals surface area contributed by atoms with Crippen LogP contribution in [0.1, 0.15) is 11.5 Å². The summed E-state index contributed by atoms with van der Waals surface area (Å²) in [4.78, 5) is 16.4. The number of rotatable bonds is 6. The van der Waals surface area contributed by atoms with Gasteiger partial charge in [0.25, 0.3) is 0 Å². The monoisotopic (exact) mass is 407 g/mol. The summed E-state index contributed by atoms with van der Waals surface area (Å²) in [5.74, 6) is 1.56. The summed E-state index contributed by atoms with van der Waals surface area (Å²) in [5.41, 5.74) is 2.49. The van der Waals surface area contributed by atoms with Crippen LogP contribution in [0, 0.1) is 6.92 Å². The molecule has 1 amide bonds. The first-order valence-corrected chi connectivity index (χ1v) is 9.64. The smallest absolute Gasteiger partial charge is 0.236 e. The molecule has 26 heavy (non-hydrogen) atoms. The molecular formula is C18H15Cl2N3O2S. The van der Waals surface area contributed by atoms with Crippen molar-refractivity contribution >= 4 is 46.6 Å². The largest absolute Gasteiger partial charge is 0.338 e. The van der Waals surface area contributed by atoms with E-state index in [2.05, 4.69) is 15.5 Å². The predicted octanol–water partition coefficient (Wildman–Crippen LogP) is 5.22. The van der Waals surface area contributed by atoms with Gasteiger partial charge >= 0.3 is 0 Å². The lowest BCUT2D eigenvalue weighted by Gasteiger charge is -2.08. The minimum absolute atomic E-state index is 0.113. The van der Waals surface area contributed by atoms with Crippen LogP contribution in [0.5, 0.6) is 0 Å². The van der Waals surface area contributed by atoms with Crippen LogP contribution in [0.2, 0.25) is 10.0 Å². The molecule has 0 unspecified atom stereocenters. The van der Waals surface area contributed by atoms with E-state index in [1.807, 2.05) is 25.1 Å². The number of halogens is 2. The number of nitrogens with zero attached hydrogens (tertiary/aromatic N) is 2. The molecule has 3 aromatic rings. The Morgan fingerprint density at radius 1 is 1.15 bits per heavy atom.